The lowest BCUT2D eigenvalue weighted by Crippen LogP contribution is -2.02. The predicted molar refractivity (Wildman–Crippen MR) is 64.7 cm³/mol. The van der Waals surface area contributed by atoms with E-state index < -0.39 is 9.84 Å². The second kappa shape index (κ2) is 4.12. The Morgan fingerprint density at radius 2 is 2.00 bits per heavy atom. The maximum atomic E-state index is 11.7. The molecule has 2 aromatic heterocycles. The van der Waals surface area contributed by atoms with Crippen LogP contribution < -0.4 is 0 Å². The number of nitrogens with zero attached hydrogens (tertiary/aromatic N) is 2. The molecule has 0 amide bonds. The summed E-state index contributed by atoms with van der Waals surface area (Å²) in [4.78, 5) is 4.17. The summed E-state index contributed by atoms with van der Waals surface area (Å²) >= 11 is 5.79. The van der Waals surface area contributed by atoms with Gasteiger partial charge in [-0.2, -0.15) is 5.10 Å². The Bertz CT molecular complexity index is 664. The van der Waals surface area contributed by atoms with Crippen molar-refractivity contribution >= 4 is 21.4 Å². The summed E-state index contributed by atoms with van der Waals surface area (Å²) < 4.78 is 23.3. The van der Waals surface area contributed by atoms with Gasteiger partial charge in [-0.1, -0.05) is 11.6 Å². The minimum absolute atomic E-state index is 0.122. The van der Waals surface area contributed by atoms with Crippen molar-refractivity contribution in [2.24, 2.45) is 0 Å². The molecule has 0 aliphatic heterocycles. The maximum Gasteiger partial charge on any atom is 0.177 e. The van der Waals surface area contributed by atoms with Crippen LogP contribution in [0.25, 0.3) is 11.4 Å². The summed E-state index contributed by atoms with van der Waals surface area (Å²) in [5.74, 6) is 0. The Kier molecular flexibility index (Phi) is 2.92. The summed E-state index contributed by atoms with van der Waals surface area (Å²) in [7, 11) is -3.37. The zero-order valence-corrected chi connectivity index (χ0v) is 10.8. The molecule has 7 heteroatoms. The van der Waals surface area contributed by atoms with Gasteiger partial charge in [0.25, 0.3) is 0 Å². The molecule has 0 atom stereocenters. The lowest BCUT2D eigenvalue weighted by atomic mass is 10.2. The summed E-state index contributed by atoms with van der Waals surface area (Å²) in [6, 6.07) is 2.89. The van der Waals surface area contributed by atoms with E-state index in [4.69, 9.17) is 11.6 Å². The Labute approximate surface area is 104 Å². The molecule has 0 bridgehead atoms. The molecule has 0 aromatic carbocycles. The predicted octanol–water partition coefficient (Wildman–Crippen LogP) is 1.84. The van der Waals surface area contributed by atoms with Crippen molar-refractivity contribution < 1.29 is 8.42 Å². The van der Waals surface area contributed by atoms with E-state index in [0.29, 0.717) is 5.69 Å². The summed E-state index contributed by atoms with van der Waals surface area (Å²) in [5, 5.41) is 6.89. The van der Waals surface area contributed by atoms with Gasteiger partial charge in [0.1, 0.15) is 16.5 Å². The van der Waals surface area contributed by atoms with E-state index in [2.05, 4.69) is 15.2 Å². The molecular weight excluding hydrogens is 262 g/mol. The molecule has 0 saturated heterocycles. The average molecular weight is 272 g/mol. The molecule has 2 heterocycles. The topological polar surface area (TPSA) is 75.7 Å². The molecule has 0 saturated carbocycles. The number of aromatic nitrogens is 3. The van der Waals surface area contributed by atoms with Crippen LogP contribution in [-0.2, 0) is 9.84 Å². The number of pyridine rings is 1. The second-order valence-electron chi connectivity index (χ2n) is 3.67. The minimum Gasteiger partial charge on any atom is -0.285 e. The van der Waals surface area contributed by atoms with Gasteiger partial charge in [-0.05, 0) is 24.6 Å². The Morgan fingerprint density at radius 1 is 1.29 bits per heavy atom. The van der Waals surface area contributed by atoms with Crippen LogP contribution in [0.3, 0.4) is 0 Å². The minimum atomic E-state index is -3.37. The number of H-pyrrole nitrogens is 1. The van der Waals surface area contributed by atoms with E-state index in [0.717, 1.165) is 11.8 Å². The van der Waals surface area contributed by atoms with Gasteiger partial charge in [-0.25, -0.2) is 13.4 Å². The first-order chi connectivity index (χ1) is 7.89. The number of aryl methyl sites for hydroxylation is 1. The lowest BCUT2D eigenvalue weighted by Gasteiger charge is -2.05. The van der Waals surface area contributed by atoms with Gasteiger partial charge in [-0.15, -0.1) is 0 Å². The van der Waals surface area contributed by atoms with Gasteiger partial charge < -0.3 is 0 Å². The second-order valence-corrected chi connectivity index (χ2v) is 6.04. The normalized spacial score (nSPS) is 11.7. The van der Waals surface area contributed by atoms with Crippen LogP contribution in [-0.4, -0.2) is 29.9 Å². The monoisotopic (exact) mass is 271 g/mol. The number of rotatable bonds is 2. The fourth-order valence-electron chi connectivity index (χ4n) is 1.48. The molecule has 0 fully saturated rings. The van der Waals surface area contributed by atoms with E-state index in [1.807, 2.05) is 6.92 Å². The van der Waals surface area contributed by atoms with Gasteiger partial charge in [0.15, 0.2) is 9.84 Å². The molecule has 2 aromatic rings. The third kappa shape index (κ3) is 2.32. The van der Waals surface area contributed by atoms with Crippen LogP contribution in [0.15, 0.2) is 23.2 Å². The third-order valence-corrected chi connectivity index (χ3v) is 3.62. The zero-order chi connectivity index (χ0) is 12.6. The van der Waals surface area contributed by atoms with Crippen LogP contribution in [0.5, 0.6) is 0 Å². The number of hydrogen-bond acceptors (Lipinski definition) is 4. The summed E-state index contributed by atoms with van der Waals surface area (Å²) in [6.45, 7) is 1.81. The van der Waals surface area contributed by atoms with Gasteiger partial charge in [0, 0.05) is 12.5 Å². The standard InChI is InChI=1S/C10H10ClN3O2S/c1-6-5-12-14-9(6)10-7(17(2,15)16)3-4-8(11)13-10/h3-5H,1-2H3,(H,12,14). The smallest absolute Gasteiger partial charge is 0.177 e. The van der Waals surface area contributed by atoms with Crippen LogP contribution in [0.2, 0.25) is 5.15 Å². The third-order valence-electron chi connectivity index (χ3n) is 2.28. The van der Waals surface area contributed by atoms with E-state index in [1.165, 1.54) is 12.1 Å². The molecule has 2 rings (SSSR count). The van der Waals surface area contributed by atoms with Crippen molar-refractivity contribution in [3.8, 4) is 11.4 Å². The molecule has 1 N–H and O–H groups in total. The quantitative estimate of drug-likeness (QED) is 0.846. The lowest BCUT2D eigenvalue weighted by molar-refractivity contribution is 0.602. The van der Waals surface area contributed by atoms with Gasteiger partial charge >= 0.3 is 0 Å². The number of hydrogen-bond donors (Lipinski definition) is 1. The van der Waals surface area contributed by atoms with Crippen LogP contribution >= 0.6 is 11.6 Å². The fourth-order valence-corrected chi connectivity index (χ4v) is 2.44. The Balaban J connectivity index is 2.77. The van der Waals surface area contributed by atoms with E-state index in [1.54, 1.807) is 6.20 Å². The van der Waals surface area contributed by atoms with E-state index >= 15 is 0 Å². The molecular formula is C10H10ClN3O2S. The number of sulfone groups is 1. The first-order valence-electron chi connectivity index (χ1n) is 4.77. The Hall–Kier alpha value is -1.40. The summed E-state index contributed by atoms with van der Waals surface area (Å²) in [6.07, 6.45) is 2.80. The SMILES string of the molecule is Cc1c[nH]nc1-c1nc(Cl)ccc1S(C)(=O)=O. The summed E-state index contributed by atoms with van der Waals surface area (Å²) in [5.41, 5.74) is 1.58. The molecule has 0 unspecified atom stereocenters. The van der Waals surface area contributed by atoms with Gasteiger partial charge in [0.2, 0.25) is 0 Å². The number of nitrogens with one attached hydrogen (secondary N) is 1. The van der Waals surface area contributed by atoms with Crippen molar-refractivity contribution in [2.75, 3.05) is 6.26 Å². The van der Waals surface area contributed by atoms with Crippen LogP contribution in [0.1, 0.15) is 5.56 Å². The zero-order valence-electron chi connectivity index (χ0n) is 9.23. The van der Waals surface area contributed by atoms with Crippen LogP contribution in [0.4, 0.5) is 0 Å². The molecule has 90 valence electrons. The highest BCUT2D eigenvalue weighted by Gasteiger charge is 2.19. The molecule has 0 aliphatic carbocycles. The van der Waals surface area contributed by atoms with Gasteiger partial charge in [-0.3, -0.25) is 5.10 Å². The highest BCUT2D eigenvalue weighted by Crippen LogP contribution is 2.27. The number of aromatic amines is 1. The largest absolute Gasteiger partial charge is 0.285 e. The molecule has 0 radical (unpaired) electrons. The maximum absolute atomic E-state index is 11.7. The number of halogens is 1. The van der Waals surface area contributed by atoms with Crippen molar-refractivity contribution in [2.45, 2.75) is 11.8 Å². The van der Waals surface area contributed by atoms with Crippen molar-refractivity contribution in [3.63, 3.8) is 0 Å². The average Bonchev–Trinajstić information content (AvgIpc) is 2.62. The highest BCUT2D eigenvalue weighted by atomic mass is 35.5. The van der Waals surface area contributed by atoms with E-state index in [9.17, 15) is 8.42 Å². The van der Waals surface area contributed by atoms with Crippen molar-refractivity contribution in [3.05, 3.63) is 29.0 Å². The van der Waals surface area contributed by atoms with E-state index in [-0.39, 0.29) is 15.7 Å². The molecule has 17 heavy (non-hydrogen) atoms. The highest BCUT2D eigenvalue weighted by molar-refractivity contribution is 7.90. The molecule has 0 spiro atoms. The van der Waals surface area contributed by atoms with Crippen molar-refractivity contribution in [1.82, 2.24) is 15.2 Å². The molecule has 0 aliphatic rings. The molecule has 5 nitrogen and oxygen atoms in total. The fraction of sp³-hybridized carbons (Fsp3) is 0.200. The van der Waals surface area contributed by atoms with Crippen LogP contribution in [0, 0.1) is 6.92 Å². The first-order valence-corrected chi connectivity index (χ1v) is 7.04. The van der Waals surface area contributed by atoms with Crippen molar-refractivity contribution in [1.29, 1.82) is 0 Å². The Morgan fingerprint density at radius 3 is 2.53 bits per heavy atom. The van der Waals surface area contributed by atoms with Gasteiger partial charge in [0.05, 0.1) is 4.90 Å². The first kappa shape index (κ1) is 12.1.